The number of rotatable bonds is 6. The van der Waals surface area contributed by atoms with E-state index < -0.39 is 0 Å². The summed E-state index contributed by atoms with van der Waals surface area (Å²) in [5.74, 6) is 0.218. The van der Waals surface area contributed by atoms with Crippen molar-refractivity contribution in [2.75, 3.05) is 11.1 Å². The van der Waals surface area contributed by atoms with Gasteiger partial charge in [0.05, 0.1) is 11.3 Å². The number of nitrogens with one attached hydrogen (secondary N) is 1. The maximum Gasteiger partial charge on any atom is 0.236 e. The summed E-state index contributed by atoms with van der Waals surface area (Å²) in [6.07, 6.45) is 1.71. The van der Waals surface area contributed by atoms with Gasteiger partial charge in [-0.15, -0.1) is 10.2 Å². The van der Waals surface area contributed by atoms with Gasteiger partial charge >= 0.3 is 0 Å². The number of thioether (sulfide) groups is 1. The largest absolute Gasteiger partial charge is 0.300 e. The maximum absolute atomic E-state index is 12.2. The zero-order valence-corrected chi connectivity index (χ0v) is 16.1. The van der Waals surface area contributed by atoms with E-state index in [0.717, 1.165) is 33.8 Å². The number of fused-ring (bicyclic) bond motifs is 1. The number of carbonyl (C=O) groups excluding carboxylic acids is 1. The Hall–Kier alpha value is -1.99. The smallest absolute Gasteiger partial charge is 0.236 e. The first kappa shape index (κ1) is 17.8. The van der Waals surface area contributed by atoms with Crippen molar-refractivity contribution in [1.29, 1.82) is 0 Å². The van der Waals surface area contributed by atoms with E-state index in [-0.39, 0.29) is 5.91 Å². The van der Waals surface area contributed by atoms with Gasteiger partial charge in [-0.05, 0) is 43.5 Å². The molecule has 0 unspecified atom stereocenters. The van der Waals surface area contributed by atoms with Crippen molar-refractivity contribution >= 4 is 45.0 Å². The number of nitrogens with zero attached hydrogens (tertiary/aromatic N) is 3. The normalized spacial score (nSPS) is 11.0. The van der Waals surface area contributed by atoms with Crippen LogP contribution in [-0.2, 0) is 17.6 Å². The molecule has 1 amide bonds. The summed E-state index contributed by atoms with van der Waals surface area (Å²) in [6.45, 7) is 6.20. The van der Waals surface area contributed by atoms with Crippen LogP contribution >= 0.6 is 23.1 Å². The van der Waals surface area contributed by atoms with E-state index in [0.29, 0.717) is 10.9 Å². The Balaban J connectivity index is 1.71. The van der Waals surface area contributed by atoms with E-state index >= 15 is 0 Å². The maximum atomic E-state index is 12.2. The van der Waals surface area contributed by atoms with Gasteiger partial charge in [-0.3, -0.25) is 10.1 Å². The number of amides is 1. The van der Waals surface area contributed by atoms with Gasteiger partial charge in [-0.2, -0.15) is 0 Å². The number of aromatic nitrogens is 3. The number of hydrogen-bond donors (Lipinski definition) is 1. The molecule has 3 rings (SSSR count). The molecule has 0 fully saturated rings. The van der Waals surface area contributed by atoms with Crippen molar-refractivity contribution in [2.45, 2.75) is 38.6 Å². The third kappa shape index (κ3) is 4.35. The standard InChI is InChI=1S/C18H20N4OS2/c1-4-12-9-13-8-11(3)6-7-14(13)19-17(12)24-10-15(23)20-18-22-21-16(5-2)25-18/h6-9H,4-5,10H2,1-3H3,(H,20,22,23). The zero-order valence-electron chi connectivity index (χ0n) is 14.5. The minimum atomic E-state index is -0.0864. The van der Waals surface area contributed by atoms with Crippen molar-refractivity contribution in [3.05, 3.63) is 40.4 Å². The lowest BCUT2D eigenvalue weighted by Crippen LogP contribution is -2.14. The van der Waals surface area contributed by atoms with E-state index in [1.807, 2.05) is 13.0 Å². The van der Waals surface area contributed by atoms with Crippen LogP contribution in [0.25, 0.3) is 10.9 Å². The molecule has 1 aromatic carbocycles. The average Bonchev–Trinajstić information content (AvgIpc) is 3.06. The number of anilines is 1. The molecule has 0 aliphatic carbocycles. The Labute approximate surface area is 155 Å². The van der Waals surface area contributed by atoms with Gasteiger partial charge in [-0.25, -0.2) is 4.98 Å². The Morgan fingerprint density at radius 2 is 2.04 bits per heavy atom. The van der Waals surface area contributed by atoms with Gasteiger partial charge in [0.15, 0.2) is 0 Å². The van der Waals surface area contributed by atoms with Crippen molar-refractivity contribution in [2.24, 2.45) is 0 Å². The van der Waals surface area contributed by atoms with Crippen molar-refractivity contribution in [3.63, 3.8) is 0 Å². The van der Waals surface area contributed by atoms with Crippen LogP contribution in [0.5, 0.6) is 0 Å². The van der Waals surface area contributed by atoms with Crippen LogP contribution in [0.1, 0.15) is 30.0 Å². The third-order valence-electron chi connectivity index (χ3n) is 3.75. The summed E-state index contributed by atoms with van der Waals surface area (Å²) in [5, 5.41) is 14.3. The van der Waals surface area contributed by atoms with E-state index in [1.54, 1.807) is 0 Å². The molecule has 3 aromatic rings. The van der Waals surface area contributed by atoms with Crippen molar-refractivity contribution in [1.82, 2.24) is 15.2 Å². The topological polar surface area (TPSA) is 67.8 Å². The van der Waals surface area contributed by atoms with Crippen LogP contribution in [0, 0.1) is 6.92 Å². The van der Waals surface area contributed by atoms with Gasteiger partial charge < -0.3 is 0 Å². The summed E-state index contributed by atoms with van der Waals surface area (Å²) in [6, 6.07) is 8.40. The highest BCUT2D eigenvalue weighted by Gasteiger charge is 2.11. The number of hydrogen-bond acceptors (Lipinski definition) is 6. The molecule has 2 heterocycles. The van der Waals surface area contributed by atoms with Gasteiger partial charge in [0.2, 0.25) is 11.0 Å². The number of aryl methyl sites for hydroxylation is 3. The summed E-state index contributed by atoms with van der Waals surface area (Å²) < 4.78 is 0. The van der Waals surface area contributed by atoms with Gasteiger partial charge in [-0.1, -0.05) is 48.6 Å². The van der Waals surface area contributed by atoms with Crippen LogP contribution in [0.15, 0.2) is 29.3 Å². The summed E-state index contributed by atoms with van der Waals surface area (Å²) in [4.78, 5) is 16.9. The quantitative estimate of drug-likeness (QED) is 0.655. The van der Waals surface area contributed by atoms with Gasteiger partial charge in [0.1, 0.15) is 10.0 Å². The van der Waals surface area contributed by atoms with E-state index in [4.69, 9.17) is 4.98 Å². The number of benzene rings is 1. The molecule has 0 saturated carbocycles. The fourth-order valence-electron chi connectivity index (χ4n) is 2.44. The number of pyridine rings is 1. The van der Waals surface area contributed by atoms with Gasteiger partial charge in [0.25, 0.3) is 0 Å². The molecule has 0 aliphatic rings. The van der Waals surface area contributed by atoms with Crippen LogP contribution in [-0.4, -0.2) is 26.8 Å². The van der Waals surface area contributed by atoms with Crippen LogP contribution in [0.3, 0.4) is 0 Å². The summed E-state index contributed by atoms with van der Waals surface area (Å²) in [5.41, 5.74) is 3.35. The Morgan fingerprint density at radius 3 is 2.76 bits per heavy atom. The molecule has 0 radical (unpaired) electrons. The lowest BCUT2D eigenvalue weighted by molar-refractivity contribution is -0.113. The minimum Gasteiger partial charge on any atom is -0.300 e. The van der Waals surface area contributed by atoms with E-state index in [2.05, 4.69) is 47.6 Å². The lowest BCUT2D eigenvalue weighted by Gasteiger charge is -2.09. The molecular formula is C18H20N4OS2. The number of carbonyl (C=O) groups is 1. The second-order valence-electron chi connectivity index (χ2n) is 5.69. The fraction of sp³-hybridized carbons (Fsp3) is 0.333. The minimum absolute atomic E-state index is 0.0864. The predicted molar refractivity (Wildman–Crippen MR) is 104 cm³/mol. The van der Waals surface area contributed by atoms with Crippen molar-refractivity contribution in [3.8, 4) is 0 Å². The van der Waals surface area contributed by atoms with Gasteiger partial charge in [0, 0.05) is 5.39 Å². The molecule has 7 heteroatoms. The van der Waals surface area contributed by atoms with Crippen LogP contribution in [0.4, 0.5) is 5.13 Å². The Kier molecular flexibility index (Phi) is 5.65. The molecule has 0 saturated heterocycles. The van der Waals surface area contributed by atoms with E-state index in [1.165, 1.54) is 34.2 Å². The highest BCUT2D eigenvalue weighted by atomic mass is 32.2. The molecule has 1 N–H and O–H groups in total. The second kappa shape index (κ2) is 7.93. The Bertz CT molecular complexity index is 907. The highest BCUT2D eigenvalue weighted by Crippen LogP contribution is 2.26. The first-order valence-electron chi connectivity index (χ1n) is 8.24. The third-order valence-corrected chi connectivity index (χ3v) is 5.76. The second-order valence-corrected chi connectivity index (χ2v) is 7.72. The molecular weight excluding hydrogens is 352 g/mol. The lowest BCUT2D eigenvalue weighted by atomic mass is 10.1. The SMILES string of the molecule is CCc1nnc(NC(=O)CSc2nc3ccc(C)cc3cc2CC)s1. The zero-order chi connectivity index (χ0) is 17.8. The van der Waals surface area contributed by atoms with E-state index in [9.17, 15) is 4.79 Å². The molecule has 0 spiro atoms. The molecule has 5 nitrogen and oxygen atoms in total. The van der Waals surface area contributed by atoms with Crippen LogP contribution < -0.4 is 5.32 Å². The molecule has 2 aromatic heterocycles. The Morgan fingerprint density at radius 1 is 1.20 bits per heavy atom. The summed E-state index contributed by atoms with van der Waals surface area (Å²) >= 11 is 2.88. The molecule has 25 heavy (non-hydrogen) atoms. The average molecular weight is 373 g/mol. The molecule has 0 aliphatic heterocycles. The molecule has 0 bridgehead atoms. The molecule has 0 atom stereocenters. The van der Waals surface area contributed by atoms with Crippen molar-refractivity contribution < 1.29 is 4.79 Å². The fourth-order valence-corrected chi connectivity index (χ4v) is 4.02. The molecule has 130 valence electrons. The predicted octanol–water partition coefficient (Wildman–Crippen LogP) is 4.25. The summed E-state index contributed by atoms with van der Waals surface area (Å²) in [7, 11) is 0. The first-order valence-corrected chi connectivity index (χ1v) is 10.0. The monoisotopic (exact) mass is 372 g/mol. The first-order chi connectivity index (χ1) is 12.1. The highest BCUT2D eigenvalue weighted by molar-refractivity contribution is 8.00. The van der Waals surface area contributed by atoms with Crippen LogP contribution in [0.2, 0.25) is 0 Å².